The zero-order valence-corrected chi connectivity index (χ0v) is 11.3. The van der Waals surface area contributed by atoms with Crippen LogP contribution in [0, 0.1) is 5.92 Å². The zero-order valence-electron chi connectivity index (χ0n) is 9.68. The van der Waals surface area contributed by atoms with Gasteiger partial charge in [-0.1, -0.05) is 0 Å². The number of amides is 1. The van der Waals surface area contributed by atoms with Crippen molar-refractivity contribution < 1.29 is 13.2 Å². The first-order valence-electron chi connectivity index (χ1n) is 5.60. The second kappa shape index (κ2) is 5.25. The van der Waals surface area contributed by atoms with Gasteiger partial charge in [0, 0.05) is 30.1 Å². The van der Waals surface area contributed by atoms with Crippen molar-refractivity contribution in [2.24, 2.45) is 5.92 Å². The highest BCUT2D eigenvalue weighted by Crippen LogP contribution is 2.28. The van der Waals surface area contributed by atoms with Crippen LogP contribution in [0.25, 0.3) is 0 Å². The lowest BCUT2D eigenvalue weighted by Crippen LogP contribution is -2.35. The van der Waals surface area contributed by atoms with Gasteiger partial charge in [0.15, 0.2) is 0 Å². The molecule has 4 N–H and O–H groups in total. The van der Waals surface area contributed by atoms with E-state index in [1.807, 2.05) is 0 Å². The fourth-order valence-corrected chi connectivity index (χ4v) is 3.56. The molecule has 1 fully saturated rings. The van der Waals surface area contributed by atoms with Gasteiger partial charge in [0.25, 0.3) is 0 Å². The molecule has 0 aliphatic heterocycles. The smallest absolute Gasteiger partial charge is 0.250 e. The van der Waals surface area contributed by atoms with Crippen LogP contribution in [0.1, 0.15) is 12.8 Å². The summed E-state index contributed by atoms with van der Waals surface area (Å²) >= 11 is 1.07. The van der Waals surface area contributed by atoms with Gasteiger partial charge in [0.2, 0.25) is 15.9 Å². The van der Waals surface area contributed by atoms with E-state index in [0.717, 1.165) is 24.2 Å². The highest BCUT2D eigenvalue weighted by Gasteiger charge is 2.29. The van der Waals surface area contributed by atoms with Crippen LogP contribution in [0.2, 0.25) is 0 Å². The topological polar surface area (TPSA) is 101 Å². The molecule has 1 heterocycles. The van der Waals surface area contributed by atoms with E-state index in [9.17, 15) is 13.2 Å². The summed E-state index contributed by atoms with van der Waals surface area (Å²) in [6.07, 6.45) is 1.87. The second-order valence-electron chi connectivity index (χ2n) is 4.16. The van der Waals surface area contributed by atoms with Gasteiger partial charge in [-0.2, -0.15) is 0 Å². The normalized spacial score (nSPS) is 15.6. The van der Waals surface area contributed by atoms with Crippen LogP contribution in [0.5, 0.6) is 0 Å². The molecule has 1 saturated carbocycles. The number of sulfonamides is 1. The maximum absolute atomic E-state index is 11.8. The Kier molecular flexibility index (Phi) is 3.88. The molecule has 1 aromatic heterocycles. The summed E-state index contributed by atoms with van der Waals surface area (Å²) < 4.78 is 26.1. The molecule has 0 spiro atoms. The van der Waals surface area contributed by atoms with E-state index < -0.39 is 10.0 Å². The van der Waals surface area contributed by atoms with Crippen molar-refractivity contribution in [3.63, 3.8) is 0 Å². The van der Waals surface area contributed by atoms with Crippen molar-refractivity contribution >= 4 is 33.0 Å². The fourth-order valence-electron chi connectivity index (χ4n) is 1.40. The minimum atomic E-state index is -3.50. The van der Waals surface area contributed by atoms with E-state index in [-0.39, 0.29) is 22.6 Å². The number of hydrogen-bond donors (Lipinski definition) is 3. The summed E-state index contributed by atoms with van der Waals surface area (Å²) in [5.41, 5.74) is 5.90. The quantitative estimate of drug-likeness (QED) is 0.648. The van der Waals surface area contributed by atoms with Gasteiger partial charge in [-0.3, -0.25) is 4.79 Å². The Morgan fingerprint density at radius 1 is 1.44 bits per heavy atom. The summed E-state index contributed by atoms with van der Waals surface area (Å²) in [6.45, 7) is 0.480. The average molecular weight is 289 g/mol. The Hall–Kier alpha value is -1.12. The molecular formula is C10H15N3O3S2. The molecular weight excluding hydrogens is 274 g/mol. The maximum atomic E-state index is 11.8. The van der Waals surface area contributed by atoms with Gasteiger partial charge in [-0.25, -0.2) is 13.1 Å². The summed E-state index contributed by atoms with van der Waals surface area (Å²) in [5.74, 6) is 0.147. The molecule has 0 radical (unpaired) electrons. The number of carbonyl (C=O) groups is 1. The van der Waals surface area contributed by atoms with E-state index in [2.05, 4.69) is 10.0 Å². The van der Waals surface area contributed by atoms with E-state index in [0.29, 0.717) is 12.2 Å². The van der Waals surface area contributed by atoms with Crippen molar-refractivity contribution in [3.8, 4) is 0 Å². The van der Waals surface area contributed by atoms with Gasteiger partial charge in [-0.05, 0) is 18.9 Å². The van der Waals surface area contributed by atoms with Crippen molar-refractivity contribution in [3.05, 3.63) is 11.4 Å². The summed E-state index contributed by atoms with van der Waals surface area (Å²) in [4.78, 5) is 11.3. The predicted octanol–water partition coefficient (Wildman–Crippen LogP) is 0.135. The van der Waals surface area contributed by atoms with Crippen molar-refractivity contribution in [2.75, 3.05) is 18.8 Å². The molecule has 0 atom stereocenters. The minimum absolute atomic E-state index is 0.00886. The molecule has 18 heavy (non-hydrogen) atoms. The van der Waals surface area contributed by atoms with Gasteiger partial charge in [0.05, 0.1) is 0 Å². The van der Waals surface area contributed by atoms with Gasteiger partial charge >= 0.3 is 0 Å². The third-order valence-corrected chi connectivity index (χ3v) is 5.44. The highest BCUT2D eigenvalue weighted by atomic mass is 32.2. The lowest BCUT2D eigenvalue weighted by atomic mass is 10.4. The van der Waals surface area contributed by atoms with Crippen LogP contribution in [-0.2, 0) is 14.8 Å². The molecule has 1 amide bonds. The predicted molar refractivity (Wildman–Crippen MR) is 69.7 cm³/mol. The van der Waals surface area contributed by atoms with Crippen molar-refractivity contribution in [2.45, 2.75) is 17.1 Å². The number of hydrogen-bond acceptors (Lipinski definition) is 5. The van der Waals surface area contributed by atoms with Crippen molar-refractivity contribution in [1.82, 2.24) is 10.0 Å². The lowest BCUT2D eigenvalue weighted by Gasteiger charge is -2.06. The minimum Gasteiger partial charge on any atom is -0.398 e. The SMILES string of the molecule is Nc1csc(S(=O)(=O)NCCNC(=O)C2CC2)c1. The van der Waals surface area contributed by atoms with Crippen LogP contribution < -0.4 is 15.8 Å². The van der Waals surface area contributed by atoms with E-state index in [4.69, 9.17) is 5.73 Å². The van der Waals surface area contributed by atoms with Crippen LogP contribution in [0.15, 0.2) is 15.7 Å². The maximum Gasteiger partial charge on any atom is 0.250 e. The second-order valence-corrected chi connectivity index (χ2v) is 7.07. The lowest BCUT2D eigenvalue weighted by molar-refractivity contribution is -0.122. The van der Waals surface area contributed by atoms with Gasteiger partial charge in [0.1, 0.15) is 4.21 Å². The van der Waals surface area contributed by atoms with Crippen LogP contribution in [0.4, 0.5) is 5.69 Å². The Morgan fingerprint density at radius 3 is 2.72 bits per heavy atom. The average Bonchev–Trinajstić information content (AvgIpc) is 3.07. The highest BCUT2D eigenvalue weighted by molar-refractivity contribution is 7.91. The number of carbonyl (C=O) groups excluding carboxylic acids is 1. The molecule has 100 valence electrons. The number of nitrogens with one attached hydrogen (secondary N) is 2. The Morgan fingerprint density at radius 2 is 2.17 bits per heavy atom. The molecule has 1 aliphatic rings. The first kappa shape index (κ1) is 13.3. The van der Waals surface area contributed by atoms with E-state index in [1.165, 1.54) is 6.07 Å². The third-order valence-electron chi connectivity index (χ3n) is 2.52. The summed E-state index contributed by atoms with van der Waals surface area (Å²) in [5, 5.41) is 4.26. The molecule has 8 heteroatoms. The number of nitrogens with two attached hydrogens (primary N) is 1. The monoisotopic (exact) mass is 289 g/mol. The molecule has 0 bridgehead atoms. The molecule has 6 nitrogen and oxygen atoms in total. The number of anilines is 1. The molecule has 0 unspecified atom stereocenters. The molecule has 0 aromatic carbocycles. The summed E-state index contributed by atoms with van der Waals surface area (Å²) in [7, 11) is -3.50. The summed E-state index contributed by atoms with van der Waals surface area (Å²) in [6, 6.07) is 1.41. The zero-order chi connectivity index (χ0) is 13.2. The standard InChI is InChI=1S/C10H15N3O3S2/c11-8-5-9(17-6-8)18(15,16)13-4-3-12-10(14)7-1-2-7/h5-7,13H,1-4,11H2,(H,12,14). The first-order chi connectivity index (χ1) is 8.49. The van der Waals surface area contributed by atoms with Crippen molar-refractivity contribution in [1.29, 1.82) is 0 Å². The number of thiophene rings is 1. The Balaban J connectivity index is 1.76. The Bertz CT molecular complexity index is 534. The number of rotatable bonds is 6. The number of nitrogen functional groups attached to an aromatic ring is 1. The first-order valence-corrected chi connectivity index (χ1v) is 7.97. The molecule has 1 aliphatic carbocycles. The Labute approximate surface area is 110 Å². The van der Waals surface area contributed by atoms with Gasteiger partial charge < -0.3 is 11.1 Å². The third kappa shape index (κ3) is 3.44. The molecule has 2 rings (SSSR count). The van der Waals surface area contributed by atoms with Crippen LogP contribution in [-0.4, -0.2) is 27.4 Å². The molecule has 1 aromatic rings. The van der Waals surface area contributed by atoms with E-state index in [1.54, 1.807) is 5.38 Å². The van der Waals surface area contributed by atoms with Gasteiger partial charge in [-0.15, -0.1) is 11.3 Å². The molecule has 0 saturated heterocycles. The largest absolute Gasteiger partial charge is 0.398 e. The van der Waals surface area contributed by atoms with Crippen LogP contribution in [0.3, 0.4) is 0 Å². The van der Waals surface area contributed by atoms with Crippen LogP contribution >= 0.6 is 11.3 Å². The van der Waals surface area contributed by atoms with E-state index >= 15 is 0 Å². The fraction of sp³-hybridized carbons (Fsp3) is 0.500.